The summed E-state index contributed by atoms with van der Waals surface area (Å²) in [6, 6.07) is 5.03. The van der Waals surface area contributed by atoms with Crippen LogP contribution in [0, 0.1) is 17.1 Å². The fraction of sp³-hybridized carbons (Fsp3) is 0.462. The summed E-state index contributed by atoms with van der Waals surface area (Å²) in [6.07, 6.45) is 2.63. The number of sulfonamides is 1. The van der Waals surface area contributed by atoms with Gasteiger partial charge in [-0.25, -0.2) is 12.8 Å². The van der Waals surface area contributed by atoms with Crippen molar-refractivity contribution in [3.8, 4) is 6.07 Å². The summed E-state index contributed by atoms with van der Waals surface area (Å²) in [4.78, 5) is -0.279. The fourth-order valence-corrected chi connectivity index (χ4v) is 3.81. The number of hydrogen-bond donors (Lipinski definition) is 0. The van der Waals surface area contributed by atoms with Crippen molar-refractivity contribution in [2.24, 2.45) is 0 Å². The topological polar surface area (TPSA) is 61.2 Å². The molecule has 0 N–H and O–H groups in total. The average molecular weight is 316 g/mol. The molecule has 0 aliphatic rings. The summed E-state index contributed by atoms with van der Waals surface area (Å²) < 4.78 is 39.7. The van der Waals surface area contributed by atoms with Gasteiger partial charge in [0.25, 0.3) is 0 Å². The molecule has 0 aromatic heterocycles. The van der Waals surface area contributed by atoms with Gasteiger partial charge in [-0.1, -0.05) is 6.07 Å². The molecule has 1 atom stereocenters. The molecular formula is C13H17FN2O2S2. The van der Waals surface area contributed by atoms with Crippen molar-refractivity contribution in [2.45, 2.75) is 24.3 Å². The van der Waals surface area contributed by atoms with E-state index in [-0.39, 0.29) is 10.9 Å². The molecule has 7 heteroatoms. The van der Waals surface area contributed by atoms with E-state index in [1.54, 1.807) is 24.8 Å². The summed E-state index contributed by atoms with van der Waals surface area (Å²) in [7, 11) is -2.42. The van der Waals surface area contributed by atoms with Gasteiger partial charge in [0, 0.05) is 13.1 Å². The molecule has 0 aliphatic heterocycles. The van der Waals surface area contributed by atoms with Gasteiger partial charge in [-0.05, 0) is 37.5 Å². The highest BCUT2D eigenvalue weighted by atomic mass is 32.2. The van der Waals surface area contributed by atoms with Crippen molar-refractivity contribution in [1.82, 2.24) is 4.31 Å². The number of benzene rings is 1. The molecular weight excluding hydrogens is 299 g/mol. The highest BCUT2D eigenvalue weighted by Gasteiger charge is 2.28. The van der Waals surface area contributed by atoms with Crippen LogP contribution in [0.1, 0.15) is 18.9 Å². The molecule has 0 bridgehead atoms. The number of nitrogens with zero attached hydrogens (tertiary/aromatic N) is 2. The van der Waals surface area contributed by atoms with Crippen LogP contribution in [0.3, 0.4) is 0 Å². The molecule has 0 fully saturated rings. The Balaban J connectivity index is 3.18. The van der Waals surface area contributed by atoms with Crippen LogP contribution in [0.5, 0.6) is 0 Å². The first-order valence-corrected chi connectivity index (χ1v) is 8.85. The van der Waals surface area contributed by atoms with Crippen molar-refractivity contribution in [1.29, 1.82) is 5.26 Å². The van der Waals surface area contributed by atoms with Gasteiger partial charge in [0.15, 0.2) is 0 Å². The molecule has 0 saturated carbocycles. The van der Waals surface area contributed by atoms with Gasteiger partial charge in [-0.3, -0.25) is 0 Å². The van der Waals surface area contributed by atoms with Gasteiger partial charge >= 0.3 is 0 Å². The molecule has 0 amide bonds. The van der Waals surface area contributed by atoms with E-state index in [4.69, 9.17) is 5.26 Å². The highest BCUT2D eigenvalue weighted by molar-refractivity contribution is 7.98. The van der Waals surface area contributed by atoms with E-state index in [0.717, 1.165) is 11.8 Å². The fourth-order valence-electron chi connectivity index (χ4n) is 1.69. The molecule has 4 nitrogen and oxygen atoms in total. The zero-order valence-electron chi connectivity index (χ0n) is 11.6. The Morgan fingerprint density at radius 2 is 2.15 bits per heavy atom. The van der Waals surface area contributed by atoms with E-state index in [9.17, 15) is 12.8 Å². The monoisotopic (exact) mass is 316 g/mol. The van der Waals surface area contributed by atoms with Gasteiger partial charge in [0.05, 0.1) is 0 Å². The van der Waals surface area contributed by atoms with E-state index in [0.29, 0.717) is 6.42 Å². The van der Waals surface area contributed by atoms with Gasteiger partial charge in [-0.15, -0.1) is 0 Å². The zero-order valence-corrected chi connectivity index (χ0v) is 13.3. The van der Waals surface area contributed by atoms with Crippen LogP contribution >= 0.6 is 11.8 Å². The largest absolute Gasteiger partial charge is 0.244 e. The summed E-state index contributed by atoms with van der Waals surface area (Å²) in [5.74, 6) is 0.00805. The molecule has 0 saturated heterocycles. The van der Waals surface area contributed by atoms with Crippen LogP contribution in [-0.4, -0.2) is 37.8 Å². The Morgan fingerprint density at radius 1 is 1.50 bits per heavy atom. The molecule has 0 heterocycles. The van der Waals surface area contributed by atoms with Crippen molar-refractivity contribution >= 4 is 21.8 Å². The predicted molar refractivity (Wildman–Crippen MR) is 78.5 cm³/mol. The normalized spacial score (nSPS) is 13.2. The average Bonchev–Trinajstić information content (AvgIpc) is 2.43. The first kappa shape index (κ1) is 17.0. The second-order valence-electron chi connectivity index (χ2n) is 4.38. The van der Waals surface area contributed by atoms with Crippen LogP contribution in [0.4, 0.5) is 4.39 Å². The predicted octanol–water partition coefficient (Wildman–Crippen LogP) is 2.46. The molecule has 110 valence electrons. The maximum atomic E-state index is 13.5. The third kappa shape index (κ3) is 3.51. The lowest BCUT2D eigenvalue weighted by molar-refractivity contribution is 0.382. The lowest BCUT2D eigenvalue weighted by atomic mass is 10.2. The summed E-state index contributed by atoms with van der Waals surface area (Å²) in [5, 5.41) is 8.95. The molecule has 1 rings (SSSR count). The van der Waals surface area contributed by atoms with Crippen LogP contribution < -0.4 is 0 Å². The molecule has 0 aliphatic carbocycles. The first-order valence-electron chi connectivity index (χ1n) is 6.01. The summed E-state index contributed by atoms with van der Waals surface area (Å²) in [6.45, 7) is 1.79. The Labute approximate surface area is 123 Å². The second kappa shape index (κ2) is 7.07. The smallest absolute Gasteiger partial charge is 0.207 e. The van der Waals surface area contributed by atoms with Gasteiger partial charge in [0.1, 0.15) is 22.3 Å². The molecule has 0 unspecified atom stereocenters. The third-order valence-electron chi connectivity index (χ3n) is 3.10. The van der Waals surface area contributed by atoms with E-state index < -0.39 is 21.4 Å². The lowest BCUT2D eigenvalue weighted by Crippen LogP contribution is -2.36. The third-order valence-corrected chi connectivity index (χ3v) is 5.76. The van der Waals surface area contributed by atoms with Crippen LogP contribution in [-0.2, 0) is 10.0 Å². The number of rotatable bonds is 6. The molecule has 20 heavy (non-hydrogen) atoms. The van der Waals surface area contributed by atoms with Crippen molar-refractivity contribution in [2.75, 3.05) is 19.1 Å². The molecule has 0 radical (unpaired) electrons. The number of halogens is 1. The van der Waals surface area contributed by atoms with Crippen LogP contribution in [0.25, 0.3) is 0 Å². The summed E-state index contributed by atoms with van der Waals surface area (Å²) in [5.41, 5.74) is -0.434. The maximum Gasteiger partial charge on any atom is 0.244 e. The summed E-state index contributed by atoms with van der Waals surface area (Å²) >= 11 is 1.63. The maximum absolute atomic E-state index is 13.5. The van der Waals surface area contributed by atoms with Gasteiger partial charge in [0.2, 0.25) is 10.0 Å². The SMILES string of the molecule is CSCC[C@@H](C)N(C)S(=O)(=O)c1cccc(F)c1C#N. The second-order valence-corrected chi connectivity index (χ2v) is 7.33. The minimum Gasteiger partial charge on any atom is -0.207 e. The zero-order chi connectivity index (χ0) is 15.3. The molecule has 1 aromatic carbocycles. The van der Waals surface area contributed by atoms with Crippen LogP contribution in [0.15, 0.2) is 23.1 Å². The Kier molecular flexibility index (Phi) is 5.99. The van der Waals surface area contributed by atoms with E-state index in [1.165, 1.54) is 23.5 Å². The number of nitriles is 1. The number of thioether (sulfide) groups is 1. The molecule has 0 spiro atoms. The van der Waals surface area contributed by atoms with Gasteiger partial charge in [-0.2, -0.15) is 21.3 Å². The van der Waals surface area contributed by atoms with E-state index >= 15 is 0 Å². The minimum absolute atomic E-state index is 0.220. The highest BCUT2D eigenvalue weighted by Crippen LogP contribution is 2.23. The minimum atomic E-state index is -3.87. The quantitative estimate of drug-likeness (QED) is 0.809. The van der Waals surface area contributed by atoms with E-state index in [1.807, 2.05) is 6.26 Å². The Morgan fingerprint density at radius 3 is 2.70 bits per heavy atom. The number of hydrogen-bond acceptors (Lipinski definition) is 4. The van der Waals surface area contributed by atoms with Gasteiger partial charge < -0.3 is 0 Å². The molecule has 1 aromatic rings. The first-order chi connectivity index (χ1) is 9.36. The van der Waals surface area contributed by atoms with E-state index in [2.05, 4.69) is 0 Å². The lowest BCUT2D eigenvalue weighted by Gasteiger charge is -2.24. The Bertz CT molecular complexity index is 611. The van der Waals surface area contributed by atoms with Crippen molar-refractivity contribution in [3.05, 3.63) is 29.6 Å². The van der Waals surface area contributed by atoms with Crippen LogP contribution in [0.2, 0.25) is 0 Å². The Hall–Kier alpha value is -1.10. The van der Waals surface area contributed by atoms with Crippen molar-refractivity contribution in [3.63, 3.8) is 0 Å². The standard InChI is InChI=1S/C13H17FN2O2S2/c1-10(7-8-19-3)16(2)20(17,18)13-6-4-5-12(14)11(13)9-15/h4-6,10H,7-8H2,1-3H3/t10-/m1/s1. The van der Waals surface area contributed by atoms with Crippen molar-refractivity contribution < 1.29 is 12.8 Å².